The van der Waals surface area contributed by atoms with Gasteiger partial charge in [0.2, 0.25) is 0 Å². The summed E-state index contributed by atoms with van der Waals surface area (Å²) in [6.07, 6.45) is 11.0. The molecule has 0 aromatic heterocycles. The lowest BCUT2D eigenvalue weighted by Gasteiger charge is -2.64. The van der Waals surface area contributed by atoms with Crippen molar-refractivity contribution in [2.75, 3.05) is 6.61 Å². The molecule has 1 heterocycles. The number of carbonyl (C=O) groups excluding carboxylic acids is 1. The number of rotatable bonds is 4. The van der Waals surface area contributed by atoms with Crippen LogP contribution in [-0.2, 0) is 9.53 Å². The fourth-order valence-electron chi connectivity index (χ4n) is 9.72. The Morgan fingerprint density at radius 3 is 2.44 bits per heavy atom. The third-order valence-electron chi connectivity index (χ3n) is 11.8. The fraction of sp³-hybridized carbons (Fsp3) is 0.964. The number of aliphatic hydroxyl groups is 2. The Morgan fingerprint density at radius 1 is 1.03 bits per heavy atom. The van der Waals surface area contributed by atoms with Crippen molar-refractivity contribution in [3.63, 3.8) is 0 Å². The standard InChI is InChI=1S/C28H46O4/c1-24(2,30)13-9-18-17-32-27(18,5)23-11-15-28(31)21-16-22(29)20-8-6-7-12-25(20,3)19(21)10-14-26(23,28)4/h18-21,23,30-31H,6-17H2,1-5H3. The smallest absolute Gasteiger partial charge is 0.136 e. The zero-order valence-electron chi connectivity index (χ0n) is 21.1. The van der Waals surface area contributed by atoms with Gasteiger partial charge in [0.1, 0.15) is 5.78 Å². The second-order valence-corrected chi connectivity index (χ2v) is 13.7. The number of carbonyl (C=O) groups is 1. The van der Waals surface area contributed by atoms with Gasteiger partial charge in [-0.05, 0) is 95.3 Å². The molecular formula is C28H46O4. The quantitative estimate of drug-likeness (QED) is 0.616. The largest absolute Gasteiger partial charge is 0.390 e. The Labute approximate surface area is 194 Å². The van der Waals surface area contributed by atoms with Crippen LogP contribution in [-0.4, -0.2) is 39.4 Å². The van der Waals surface area contributed by atoms with Gasteiger partial charge in [0.15, 0.2) is 0 Å². The van der Waals surface area contributed by atoms with Crippen LogP contribution in [0, 0.1) is 40.4 Å². The van der Waals surface area contributed by atoms with Crippen LogP contribution in [0.4, 0.5) is 0 Å². The molecule has 4 saturated carbocycles. The van der Waals surface area contributed by atoms with Crippen molar-refractivity contribution in [2.45, 2.75) is 122 Å². The Balaban J connectivity index is 1.42. The molecule has 1 saturated heterocycles. The van der Waals surface area contributed by atoms with Crippen LogP contribution in [0.5, 0.6) is 0 Å². The van der Waals surface area contributed by atoms with Gasteiger partial charge in [-0.25, -0.2) is 0 Å². The van der Waals surface area contributed by atoms with E-state index < -0.39 is 11.2 Å². The lowest BCUT2D eigenvalue weighted by Crippen LogP contribution is -2.67. The van der Waals surface area contributed by atoms with Gasteiger partial charge in [0, 0.05) is 23.7 Å². The minimum atomic E-state index is -0.759. The van der Waals surface area contributed by atoms with E-state index in [1.54, 1.807) is 0 Å². The van der Waals surface area contributed by atoms with Crippen LogP contribution in [0.25, 0.3) is 0 Å². The van der Waals surface area contributed by atoms with Crippen LogP contribution in [0.2, 0.25) is 0 Å². The third-order valence-corrected chi connectivity index (χ3v) is 11.8. The van der Waals surface area contributed by atoms with Crippen molar-refractivity contribution in [1.82, 2.24) is 0 Å². The molecule has 32 heavy (non-hydrogen) atoms. The number of Topliss-reactive ketones (excluding diaryl/α,β-unsaturated/α-hetero) is 1. The van der Waals surface area contributed by atoms with Gasteiger partial charge in [-0.15, -0.1) is 0 Å². The molecule has 0 spiro atoms. The van der Waals surface area contributed by atoms with E-state index in [0.29, 0.717) is 30.0 Å². The molecule has 0 aromatic rings. The molecule has 1 aliphatic heterocycles. The monoisotopic (exact) mass is 446 g/mol. The number of hydrogen-bond donors (Lipinski definition) is 2. The lowest BCUT2D eigenvalue weighted by atomic mass is 9.42. The zero-order valence-corrected chi connectivity index (χ0v) is 21.1. The molecule has 5 fully saturated rings. The molecule has 0 radical (unpaired) electrons. The summed E-state index contributed by atoms with van der Waals surface area (Å²) in [5.41, 5.74) is -1.75. The molecule has 4 aliphatic carbocycles. The van der Waals surface area contributed by atoms with Crippen LogP contribution in [0.1, 0.15) is 105 Å². The summed E-state index contributed by atoms with van der Waals surface area (Å²) in [7, 11) is 0. The molecule has 4 nitrogen and oxygen atoms in total. The van der Waals surface area contributed by atoms with Crippen molar-refractivity contribution in [1.29, 1.82) is 0 Å². The van der Waals surface area contributed by atoms with Gasteiger partial charge in [-0.1, -0.05) is 26.7 Å². The fourth-order valence-corrected chi connectivity index (χ4v) is 9.72. The van der Waals surface area contributed by atoms with E-state index in [1.165, 1.54) is 12.8 Å². The molecule has 4 heteroatoms. The van der Waals surface area contributed by atoms with Crippen LogP contribution in [0.3, 0.4) is 0 Å². The summed E-state index contributed by atoms with van der Waals surface area (Å²) in [5, 5.41) is 22.7. The number of ether oxygens (including phenoxy) is 1. The predicted octanol–water partition coefficient (Wildman–Crippen LogP) is 5.29. The highest BCUT2D eigenvalue weighted by Crippen LogP contribution is 2.71. The van der Waals surface area contributed by atoms with Crippen molar-refractivity contribution in [2.24, 2.45) is 40.4 Å². The minimum Gasteiger partial charge on any atom is -0.390 e. The maximum absolute atomic E-state index is 13.3. The van der Waals surface area contributed by atoms with Crippen molar-refractivity contribution < 1.29 is 19.7 Å². The van der Waals surface area contributed by atoms with Crippen molar-refractivity contribution >= 4 is 5.78 Å². The number of ketones is 1. The molecular weight excluding hydrogens is 400 g/mol. The second-order valence-electron chi connectivity index (χ2n) is 13.7. The summed E-state index contributed by atoms with van der Waals surface area (Å²) < 4.78 is 6.34. The summed E-state index contributed by atoms with van der Waals surface area (Å²) in [5.74, 6) is 1.99. The highest BCUT2D eigenvalue weighted by molar-refractivity contribution is 5.83. The first-order valence-electron chi connectivity index (χ1n) is 13.5. The summed E-state index contributed by atoms with van der Waals surface area (Å²) in [6, 6.07) is 0. The lowest BCUT2D eigenvalue weighted by molar-refractivity contribution is -0.270. The average molecular weight is 447 g/mol. The van der Waals surface area contributed by atoms with Gasteiger partial charge in [-0.2, -0.15) is 0 Å². The van der Waals surface area contributed by atoms with Gasteiger partial charge in [0.05, 0.1) is 23.4 Å². The first-order valence-corrected chi connectivity index (χ1v) is 13.5. The number of hydrogen-bond acceptors (Lipinski definition) is 4. The highest BCUT2D eigenvalue weighted by atomic mass is 16.5. The van der Waals surface area contributed by atoms with Gasteiger partial charge in [-0.3, -0.25) is 4.79 Å². The van der Waals surface area contributed by atoms with Gasteiger partial charge < -0.3 is 14.9 Å². The van der Waals surface area contributed by atoms with Crippen LogP contribution in [0.15, 0.2) is 0 Å². The average Bonchev–Trinajstić information content (AvgIpc) is 2.98. The topological polar surface area (TPSA) is 66.8 Å². The Morgan fingerprint density at radius 2 is 1.78 bits per heavy atom. The molecule has 5 aliphatic rings. The minimum absolute atomic E-state index is 0.0828. The second kappa shape index (κ2) is 7.28. The highest BCUT2D eigenvalue weighted by Gasteiger charge is 2.71. The molecule has 5 rings (SSSR count). The maximum atomic E-state index is 13.3. The predicted molar refractivity (Wildman–Crippen MR) is 125 cm³/mol. The summed E-state index contributed by atoms with van der Waals surface area (Å²) in [6.45, 7) is 11.5. The summed E-state index contributed by atoms with van der Waals surface area (Å²) in [4.78, 5) is 13.3. The van der Waals surface area contributed by atoms with Crippen LogP contribution >= 0.6 is 0 Å². The molecule has 0 bridgehead atoms. The van der Waals surface area contributed by atoms with E-state index in [0.717, 1.165) is 58.0 Å². The van der Waals surface area contributed by atoms with Crippen molar-refractivity contribution in [3.05, 3.63) is 0 Å². The molecule has 2 N–H and O–H groups in total. The van der Waals surface area contributed by atoms with E-state index in [1.807, 2.05) is 13.8 Å². The van der Waals surface area contributed by atoms with E-state index >= 15 is 0 Å². The SMILES string of the molecule is CC(C)(O)CCC1COC1(C)C1CCC2(O)C3CC(=O)C4CCCCC4(C)C3CCC12C. The molecule has 0 amide bonds. The normalized spacial score (nSPS) is 53.2. The van der Waals surface area contributed by atoms with Gasteiger partial charge >= 0.3 is 0 Å². The maximum Gasteiger partial charge on any atom is 0.136 e. The molecule has 9 unspecified atom stereocenters. The van der Waals surface area contributed by atoms with Crippen molar-refractivity contribution in [3.8, 4) is 0 Å². The third kappa shape index (κ3) is 3.07. The Bertz CT molecular complexity index is 772. The Hall–Kier alpha value is -0.450. The molecule has 0 aromatic carbocycles. The number of fused-ring (bicyclic) bond motifs is 5. The molecule has 9 atom stereocenters. The van der Waals surface area contributed by atoms with E-state index in [9.17, 15) is 15.0 Å². The zero-order chi connectivity index (χ0) is 23.2. The first-order chi connectivity index (χ1) is 14.9. The van der Waals surface area contributed by atoms with E-state index in [-0.39, 0.29) is 28.3 Å². The van der Waals surface area contributed by atoms with Crippen LogP contribution < -0.4 is 0 Å². The first kappa shape index (κ1) is 23.3. The molecule has 182 valence electrons. The van der Waals surface area contributed by atoms with E-state index in [4.69, 9.17) is 4.74 Å². The Kier molecular flexibility index (Phi) is 5.30. The summed E-state index contributed by atoms with van der Waals surface area (Å²) >= 11 is 0. The van der Waals surface area contributed by atoms with Gasteiger partial charge in [0.25, 0.3) is 0 Å². The van der Waals surface area contributed by atoms with E-state index in [2.05, 4.69) is 20.8 Å².